The lowest BCUT2D eigenvalue weighted by Gasteiger charge is -2.36. The van der Waals surface area contributed by atoms with Gasteiger partial charge in [0.25, 0.3) is 0 Å². The second kappa shape index (κ2) is 8.98. The van der Waals surface area contributed by atoms with E-state index in [2.05, 4.69) is 21.5 Å². The molecule has 0 bridgehead atoms. The molecular formula is C25H25FN4O2. The van der Waals surface area contributed by atoms with Crippen molar-refractivity contribution in [2.45, 2.75) is 31.3 Å². The molecule has 0 saturated carbocycles. The number of amides is 1. The number of nitrogens with one attached hydrogen (secondary N) is 4. The smallest absolute Gasteiger partial charge is 0.221 e. The van der Waals surface area contributed by atoms with E-state index in [4.69, 9.17) is 4.74 Å². The average Bonchev–Trinajstić information content (AvgIpc) is 3.21. The Morgan fingerprint density at radius 3 is 2.47 bits per heavy atom. The second-order valence-corrected chi connectivity index (χ2v) is 8.16. The predicted molar refractivity (Wildman–Crippen MR) is 120 cm³/mol. The highest BCUT2D eigenvalue weighted by Crippen LogP contribution is 2.38. The van der Waals surface area contributed by atoms with Gasteiger partial charge in [0.2, 0.25) is 5.91 Å². The molecule has 2 aliphatic rings. The number of carbonyl (C=O) groups is 1. The third-order valence-electron chi connectivity index (χ3n) is 6.11. The van der Waals surface area contributed by atoms with Crippen LogP contribution in [0.15, 0.2) is 78.9 Å². The number of para-hydroxylation sites is 1. The van der Waals surface area contributed by atoms with Crippen molar-refractivity contribution < 1.29 is 13.9 Å². The first-order valence-corrected chi connectivity index (χ1v) is 10.8. The molecule has 2 heterocycles. The highest BCUT2D eigenvalue weighted by Gasteiger charge is 2.46. The van der Waals surface area contributed by atoms with Gasteiger partial charge in [-0.1, -0.05) is 48.5 Å². The Kier molecular flexibility index (Phi) is 5.75. The number of anilines is 1. The summed E-state index contributed by atoms with van der Waals surface area (Å²) in [6, 6.07) is 24.3. The molecule has 4 N–H and O–H groups in total. The molecule has 4 unspecified atom stereocenters. The predicted octanol–water partition coefficient (Wildman–Crippen LogP) is 3.50. The fraction of sp³-hybridized carbons (Fsp3) is 0.240. The summed E-state index contributed by atoms with van der Waals surface area (Å²) in [6.07, 6.45) is 0.192. The van der Waals surface area contributed by atoms with E-state index in [1.165, 1.54) is 6.07 Å². The van der Waals surface area contributed by atoms with E-state index in [0.717, 1.165) is 11.3 Å². The van der Waals surface area contributed by atoms with E-state index < -0.39 is 0 Å². The first-order chi connectivity index (χ1) is 15.7. The SMILES string of the molecule is O=C1CC(c2ccc(OCc3ccccc3F)cc2)C2C(NNC2Nc2ccccc2)N1. The van der Waals surface area contributed by atoms with Gasteiger partial charge in [0, 0.05) is 29.5 Å². The molecule has 3 aromatic rings. The van der Waals surface area contributed by atoms with Crippen LogP contribution in [-0.4, -0.2) is 18.2 Å². The fourth-order valence-electron chi connectivity index (χ4n) is 4.50. The van der Waals surface area contributed by atoms with Gasteiger partial charge in [0.1, 0.15) is 18.2 Å². The maximum absolute atomic E-state index is 13.8. The summed E-state index contributed by atoms with van der Waals surface area (Å²) in [4.78, 5) is 12.4. The number of hydrazine groups is 1. The summed E-state index contributed by atoms with van der Waals surface area (Å²) in [5.74, 6) is 0.541. The van der Waals surface area contributed by atoms with Crippen molar-refractivity contribution in [3.05, 3.63) is 95.8 Å². The van der Waals surface area contributed by atoms with Gasteiger partial charge in [0.05, 0.1) is 12.3 Å². The lowest BCUT2D eigenvalue weighted by Crippen LogP contribution is -2.53. The van der Waals surface area contributed by atoms with Gasteiger partial charge in [-0.15, -0.1) is 0 Å². The van der Waals surface area contributed by atoms with Crippen LogP contribution in [0.1, 0.15) is 23.5 Å². The van der Waals surface area contributed by atoms with Crippen molar-refractivity contribution in [3.63, 3.8) is 0 Å². The summed E-state index contributed by atoms with van der Waals surface area (Å²) in [5.41, 5.74) is 9.09. The van der Waals surface area contributed by atoms with Crippen molar-refractivity contribution >= 4 is 11.6 Å². The minimum Gasteiger partial charge on any atom is -0.489 e. The number of ether oxygens (including phenoxy) is 1. The molecule has 32 heavy (non-hydrogen) atoms. The Bertz CT molecular complexity index is 1080. The van der Waals surface area contributed by atoms with Crippen LogP contribution in [0.3, 0.4) is 0 Å². The van der Waals surface area contributed by atoms with Crippen LogP contribution in [-0.2, 0) is 11.4 Å². The molecule has 7 heteroatoms. The number of carbonyl (C=O) groups excluding carboxylic acids is 1. The van der Waals surface area contributed by atoms with Gasteiger partial charge in [-0.3, -0.25) is 4.79 Å². The Labute approximate surface area is 186 Å². The van der Waals surface area contributed by atoms with E-state index in [9.17, 15) is 9.18 Å². The summed E-state index contributed by atoms with van der Waals surface area (Å²) >= 11 is 0. The zero-order chi connectivity index (χ0) is 21.9. The van der Waals surface area contributed by atoms with E-state index >= 15 is 0 Å². The molecule has 6 nitrogen and oxygen atoms in total. The topological polar surface area (TPSA) is 74.4 Å². The molecule has 4 atom stereocenters. The van der Waals surface area contributed by atoms with Crippen LogP contribution in [0.25, 0.3) is 0 Å². The van der Waals surface area contributed by atoms with Crippen LogP contribution in [0, 0.1) is 11.7 Å². The van der Waals surface area contributed by atoms with Gasteiger partial charge >= 0.3 is 0 Å². The lowest BCUT2D eigenvalue weighted by molar-refractivity contribution is -0.125. The maximum atomic E-state index is 13.8. The quantitative estimate of drug-likeness (QED) is 0.480. The highest BCUT2D eigenvalue weighted by molar-refractivity contribution is 5.78. The van der Waals surface area contributed by atoms with E-state index in [-0.39, 0.29) is 42.5 Å². The second-order valence-electron chi connectivity index (χ2n) is 8.16. The maximum Gasteiger partial charge on any atom is 0.221 e. The van der Waals surface area contributed by atoms with Gasteiger partial charge in [0.15, 0.2) is 0 Å². The fourth-order valence-corrected chi connectivity index (χ4v) is 4.50. The third-order valence-corrected chi connectivity index (χ3v) is 6.11. The summed E-state index contributed by atoms with van der Waals surface area (Å²) in [7, 11) is 0. The van der Waals surface area contributed by atoms with Crippen LogP contribution < -0.4 is 26.2 Å². The Morgan fingerprint density at radius 2 is 1.69 bits per heavy atom. The van der Waals surface area contributed by atoms with E-state index in [1.807, 2.05) is 54.6 Å². The first kappa shape index (κ1) is 20.5. The molecule has 3 aromatic carbocycles. The van der Waals surface area contributed by atoms with Gasteiger partial charge < -0.3 is 15.4 Å². The normalized spacial score (nSPS) is 24.5. The molecule has 2 fully saturated rings. The number of halogens is 1. The van der Waals surface area contributed by atoms with Crippen molar-refractivity contribution in [2.75, 3.05) is 5.32 Å². The molecule has 164 valence electrons. The van der Waals surface area contributed by atoms with Gasteiger partial charge in [-0.25, -0.2) is 15.2 Å². The highest BCUT2D eigenvalue weighted by atomic mass is 19.1. The van der Waals surface area contributed by atoms with Crippen LogP contribution in [0.2, 0.25) is 0 Å². The summed E-state index contributed by atoms with van der Waals surface area (Å²) < 4.78 is 19.6. The van der Waals surface area contributed by atoms with E-state index in [1.54, 1.807) is 18.2 Å². The number of rotatable bonds is 6. The van der Waals surface area contributed by atoms with Crippen molar-refractivity contribution in [2.24, 2.45) is 5.92 Å². The summed E-state index contributed by atoms with van der Waals surface area (Å²) in [6.45, 7) is 0.166. The molecule has 0 aromatic heterocycles. The molecule has 5 rings (SSSR count). The van der Waals surface area contributed by atoms with Crippen LogP contribution >= 0.6 is 0 Å². The third kappa shape index (κ3) is 4.30. The van der Waals surface area contributed by atoms with Crippen LogP contribution in [0.5, 0.6) is 5.75 Å². The molecule has 1 amide bonds. The van der Waals surface area contributed by atoms with Crippen molar-refractivity contribution in [1.29, 1.82) is 0 Å². The minimum absolute atomic E-state index is 0.0193. The zero-order valence-corrected chi connectivity index (χ0v) is 17.4. The number of hydrogen-bond donors (Lipinski definition) is 4. The van der Waals surface area contributed by atoms with Crippen molar-refractivity contribution in [1.82, 2.24) is 16.2 Å². The molecule has 2 saturated heterocycles. The Balaban J connectivity index is 1.31. The molecule has 0 spiro atoms. The standard InChI is InChI=1S/C25H25FN4O2/c26-21-9-5-4-6-17(21)15-32-19-12-10-16(11-13-19)20-14-22(31)28-25-23(20)24(29-30-25)27-18-7-2-1-3-8-18/h1-13,20,23-25,27,29-30H,14-15H2,(H,28,31). The molecular weight excluding hydrogens is 407 g/mol. The summed E-state index contributed by atoms with van der Waals surface area (Å²) in [5, 5.41) is 6.56. The number of piperidine rings is 1. The monoisotopic (exact) mass is 432 g/mol. The zero-order valence-electron chi connectivity index (χ0n) is 17.4. The van der Waals surface area contributed by atoms with Crippen LogP contribution in [0.4, 0.5) is 10.1 Å². The first-order valence-electron chi connectivity index (χ1n) is 10.8. The number of fused-ring (bicyclic) bond motifs is 1. The minimum atomic E-state index is -0.276. The van der Waals surface area contributed by atoms with Gasteiger partial charge in [-0.2, -0.15) is 0 Å². The van der Waals surface area contributed by atoms with Crippen molar-refractivity contribution in [3.8, 4) is 5.75 Å². The van der Waals surface area contributed by atoms with Gasteiger partial charge in [-0.05, 0) is 35.9 Å². The average molecular weight is 432 g/mol. The largest absolute Gasteiger partial charge is 0.489 e. The molecule has 2 aliphatic heterocycles. The number of benzene rings is 3. The Morgan fingerprint density at radius 1 is 0.938 bits per heavy atom. The lowest BCUT2D eigenvalue weighted by atomic mass is 9.78. The number of hydrogen-bond acceptors (Lipinski definition) is 5. The molecule has 0 aliphatic carbocycles. The molecule has 0 radical (unpaired) electrons. The van der Waals surface area contributed by atoms with E-state index in [0.29, 0.717) is 17.7 Å². The Hall–Kier alpha value is -3.42.